The van der Waals surface area contributed by atoms with Crippen LogP contribution in [0.5, 0.6) is 0 Å². The number of furan rings is 1. The van der Waals surface area contributed by atoms with Gasteiger partial charge in [0.2, 0.25) is 0 Å². The molecule has 14 heavy (non-hydrogen) atoms. The van der Waals surface area contributed by atoms with Crippen molar-refractivity contribution in [2.75, 3.05) is 0 Å². The van der Waals surface area contributed by atoms with Gasteiger partial charge in [-0.05, 0) is 26.0 Å². The van der Waals surface area contributed by atoms with Gasteiger partial charge >= 0.3 is 0 Å². The smallest absolute Gasteiger partial charge is 0.253 e. The maximum atomic E-state index is 11.3. The third-order valence-corrected chi connectivity index (χ3v) is 1.98. The Morgan fingerprint density at radius 2 is 2.36 bits per heavy atom. The molecule has 78 valence electrons. The molecule has 0 atom stereocenters. The first-order valence-corrected chi connectivity index (χ1v) is 4.35. The van der Waals surface area contributed by atoms with Gasteiger partial charge in [-0.3, -0.25) is 15.5 Å². The molecule has 0 saturated heterocycles. The number of carbonyl (C=O) groups is 1. The van der Waals surface area contributed by atoms with E-state index in [0.717, 1.165) is 5.76 Å². The molecule has 0 bridgehead atoms. The van der Waals surface area contributed by atoms with Crippen molar-refractivity contribution in [2.24, 2.45) is 5.84 Å². The molecule has 1 heterocycles. The number of hydrogen-bond donors (Lipinski definition) is 3. The first-order chi connectivity index (χ1) is 6.56. The third kappa shape index (κ3) is 2.58. The molecule has 1 amide bonds. The molecule has 0 saturated carbocycles. The zero-order valence-electron chi connectivity index (χ0n) is 8.33. The van der Waals surface area contributed by atoms with Crippen LogP contribution in [0.15, 0.2) is 22.8 Å². The fraction of sp³-hybridized carbons (Fsp3) is 0.444. The van der Waals surface area contributed by atoms with Crippen LogP contribution in [0.2, 0.25) is 0 Å². The second-order valence-corrected chi connectivity index (χ2v) is 3.53. The average molecular weight is 197 g/mol. The lowest BCUT2D eigenvalue weighted by atomic mass is 10.1. The molecule has 0 radical (unpaired) electrons. The van der Waals surface area contributed by atoms with Crippen molar-refractivity contribution in [2.45, 2.75) is 25.9 Å². The van der Waals surface area contributed by atoms with Crippen LogP contribution in [0.4, 0.5) is 0 Å². The summed E-state index contributed by atoms with van der Waals surface area (Å²) in [7, 11) is 0. The number of hydrazine groups is 1. The molecule has 4 N–H and O–H groups in total. The van der Waals surface area contributed by atoms with E-state index in [0.29, 0.717) is 6.54 Å². The van der Waals surface area contributed by atoms with Gasteiger partial charge in [-0.2, -0.15) is 0 Å². The first-order valence-electron chi connectivity index (χ1n) is 4.35. The molecule has 1 aromatic rings. The molecule has 0 spiro atoms. The lowest BCUT2D eigenvalue weighted by Gasteiger charge is -2.23. The Balaban J connectivity index is 2.48. The van der Waals surface area contributed by atoms with E-state index in [1.54, 1.807) is 26.2 Å². The molecule has 1 rings (SSSR count). The van der Waals surface area contributed by atoms with E-state index < -0.39 is 5.54 Å². The van der Waals surface area contributed by atoms with E-state index in [1.807, 2.05) is 6.07 Å². The average Bonchev–Trinajstić information content (AvgIpc) is 2.66. The SMILES string of the molecule is CC(C)(NCc1ccco1)C(=O)NN. The molecule has 0 aromatic carbocycles. The number of carbonyl (C=O) groups excluding carboxylic acids is 1. The van der Waals surface area contributed by atoms with E-state index in [4.69, 9.17) is 10.3 Å². The molecule has 0 aliphatic rings. The van der Waals surface area contributed by atoms with Gasteiger partial charge in [0.05, 0.1) is 18.3 Å². The van der Waals surface area contributed by atoms with Crippen molar-refractivity contribution in [3.63, 3.8) is 0 Å². The first kappa shape index (κ1) is 10.7. The van der Waals surface area contributed by atoms with Crippen LogP contribution >= 0.6 is 0 Å². The molecular formula is C9H15N3O2. The molecule has 0 unspecified atom stereocenters. The van der Waals surface area contributed by atoms with E-state index in [1.165, 1.54) is 0 Å². The number of hydrogen-bond acceptors (Lipinski definition) is 4. The Kier molecular flexibility index (Phi) is 3.27. The van der Waals surface area contributed by atoms with Gasteiger partial charge < -0.3 is 4.42 Å². The third-order valence-electron chi connectivity index (χ3n) is 1.98. The highest BCUT2D eigenvalue weighted by Crippen LogP contribution is 2.05. The minimum Gasteiger partial charge on any atom is -0.468 e. The van der Waals surface area contributed by atoms with E-state index >= 15 is 0 Å². The van der Waals surface area contributed by atoms with Gasteiger partial charge in [0.25, 0.3) is 5.91 Å². The summed E-state index contributed by atoms with van der Waals surface area (Å²) < 4.78 is 5.12. The zero-order chi connectivity index (χ0) is 10.6. The summed E-state index contributed by atoms with van der Waals surface area (Å²) in [4.78, 5) is 11.3. The fourth-order valence-corrected chi connectivity index (χ4v) is 0.982. The highest BCUT2D eigenvalue weighted by Gasteiger charge is 2.26. The monoisotopic (exact) mass is 197 g/mol. The summed E-state index contributed by atoms with van der Waals surface area (Å²) in [6.45, 7) is 3.99. The van der Waals surface area contributed by atoms with Crippen molar-refractivity contribution in [1.82, 2.24) is 10.7 Å². The molecule has 0 aliphatic carbocycles. The zero-order valence-corrected chi connectivity index (χ0v) is 8.33. The van der Waals surface area contributed by atoms with Crippen molar-refractivity contribution in [1.29, 1.82) is 0 Å². The van der Waals surface area contributed by atoms with Gasteiger partial charge in [-0.25, -0.2) is 5.84 Å². The summed E-state index contributed by atoms with van der Waals surface area (Å²) in [6.07, 6.45) is 1.59. The van der Waals surface area contributed by atoms with Crippen molar-refractivity contribution in [3.05, 3.63) is 24.2 Å². The van der Waals surface area contributed by atoms with Crippen LogP contribution in [0.3, 0.4) is 0 Å². The molecule has 5 heteroatoms. The summed E-state index contributed by atoms with van der Waals surface area (Å²) in [5.74, 6) is 5.56. The second-order valence-electron chi connectivity index (χ2n) is 3.53. The summed E-state index contributed by atoms with van der Waals surface area (Å²) >= 11 is 0. The van der Waals surface area contributed by atoms with Crippen LogP contribution in [0.25, 0.3) is 0 Å². The van der Waals surface area contributed by atoms with Crippen LogP contribution in [-0.2, 0) is 11.3 Å². The predicted octanol–water partition coefficient (Wildman–Crippen LogP) is 0.138. The van der Waals surface area contributed by atoms with Crippen molar-refractivity contribution < 1.29 is 9.21 Å². The Morgan fingerprint density at radius 1 is 1.64 bits per heavy atom. The predicted molar refractivity (Wildman–Crippen MR) is 52.0 cm³/mol. The topological polar surface area (TPSA) is 80.3 Å². The van der Waals surface area contributed by atoms with Gasteiger partial charge in [0.15, 0.2) is 0 Å². The minimum atomic E-state index is -0.707. The highest BCUT2D eigenvalue weighted by molar-refractivity contribution is 5.84. The maximum Gasteiger partial charge on any atom is 0.253 e. The quantitative estimate of drug-likeness (QED) is 0.364. The standard InChI is InChI=1S/C9H15N3O2/c1-9(2,8(13)12-10)11-6-7-4-3-5-14-7/h3-5,11H,6,10H2,1-2H3,(H,12,13). The molecular weight excluding hydrogens is 182 g/mol. The molecule has 0 aliphatic heterocycles. The Hall–Kier alpha value is -1.33. The number of amides is 1. The lowest BCUT2D eigenvalue weighted by Crippen LogP contribution is -2.54. The Morgan fingerprint density at radius 3 is 2.86 bits per heavy atom. The summed E-state index contributed by atoms with van der Waals surface area (Å²) in [5.41, 5.74) is 1.40. The maximum absolute atomic E-state index is 11.3. The van der Waals surface area contributed by atoms with Crippen LogP contribution in [-0.4, -0.2) is 11.4 Å². The number of nitrogens with two attached hydrogens (primary N) is 1. The Bertz CT molecular complexity index is 293. The lowest BCUT2D eigenvalue weighted by molar-refractivity contribution is -0.126. The summed E-state index contributed by atoms with van der Waals surface area (Å²) in [5, 5.41) is 3.03. The Labute approximate surface area is 82.6 Å². The largest absolute Gasteiger partial charge is 0.468 e. The fourth-order valence-electron chi connectivity index (χ4n) is 0.982. The van der Waals surface area contributed by atoms with E-state index in [-0.39, 0.29) is 5.91 Å². The van der Waals surface area contributed by atoms with Gasteiger partial charge in [-0.15, -0.1) is 0 Å². The van der Waals surface area contributed by atoms with E-state index in [9.17, 15) is 4.79 Å². The van der Waals surface area contributed by atoms with Crippen molar-refractivity contribution >= 4 is 5.91 Å². The van der Waals surface area contributed by atoms with Crippen LogP contribution in [0, 0.1) is 0 Å². The van der Waals surface area contributed by atoms with E-state index in [2.05, 4.69) is 10.7 Å². The highest BCUT2D eigenvalue weighted by atomic mass is 16.3. The van der Waals surface area contributed by atoms with Crippen molar-refractivity contribution in [3.8, 4) is 0 Å². The molecule has 1 aromatic heterocycles. The molecule has 0 fully saturated rings. The normalized spacial score (nSPS) is 11.4. The van der Waals surface area contributed by atoms with Crippen LogP contribution < -0.4 is 16.6 Å². The van der Waals surface area contributed by atoms with Crippen LogP contribution in [0.1, 0.15) is 19.6 Å². The summed E-state index contributed by atoms with van der Waals surface area (Å²) in [6, 6.07) is 3.64. The number of nitrogens with one attached hydrogen (secondary N) is 2. The van der Waals surface area contributed by atoms with Gasteiger partial charge in [0.1, 0.15) is 5.76 Å². The number of rotatable bonds is 4. The second kappa shape index (κ2) is 4.26. The molecule has 5 nitrogen and oxygen atoms in total. The van der Waals surface area contributed by atoms with Gasteiger partial charge in [0, 0.05) is 0 Å². The van der Waals surface area contributed by atoms with Gasteiger partial charge in [-0.1, -0.05) is 0 Å². The minimum absolute atomic E-state index is 0.260.